The second kappa shape index (κ2) is 7.15. The maximum absolute atomic E-state index is 12.7. The molecule has 4 heterocycles. The van der Waals surface area contributed by atoms with Gasteiger partial charge in [0.1, 0.15) is 0 Å². The molecule has 7 heteroatoms. The van der Waals surface area contributed by atoms with E-state index in [2.05, 4.69) is 20.4 Å². The summed E-state index contributed by atoms with van der Waals surface area (Å²) in [4.78, 5) is 17.2. The number of rotatable bonds is 6. The normalized spacial score (nSPS) is 30.5. The van der Waals surface area contributed by atoms with E-state index in [9.17, 15) is 4.79 Å². The zero-order valence-corrected chi connectivity index (χ0v) is 17.1. The molecule has 3 aliphatic heterocycles. The molecule has 3 saturated heterocycles. The Kier molecular flexibility index (Phi) is 4.59. The summed E-state index contributed by atoms with van der Waals surface area (Å²) in [6, 6.07) is 9.78. The smallest absolute Gasteiger partial charge is 0.251 e. The van der Waals surface area contributed by atoms with Crippen LogP contribution in [0.15, 0.2) is 36.5 Å². The number of carbonyl (C=O) groups excluding carboxylic acids is 1. The molecule has 0 radical (unpaired) electrons. The van der Waals surface area contributed by atoms with Crippen LogP contribution in [0.2, 0.25) is 0 Å². The van der Waals surface area contributed by atoms with Gasteiger partial charge in [0.05, 0.1) is 11.7 Å². The Balaban J connectivity index is 1.22. The summed E-state index contributed by atoms with van der Waals surface area (Å²) in [6.45, 7) is 3.56. The standard InChI is InChI=1S/C22H29N5O2/c1-26(2)17-5-3-15(4-6-17)21(28)23-11-18-19-13-27(12-16-8-10-24-25-16)14-22(19)9-7-20(18)29-22/h3-6,8,10,18-20H,7,9,11-14H2,1-2H3,(H,23,28)(H,24,25)/t18-,19+,20+,22+/m0/s1. The minimum absolute atomic E-state index is 0.000516. The third-order valence-corrected chi connectivity index (χ3v) is 6.95. The number of H-pyrrole nitrogens is 1. The van der Waals surface area contributed by atoms with E-state index >= 15 is 0 Å². The maximum Gasteiger partial charge on any atom is 0.251 e. The van der Waals surface area contributed by atoms with Crippen molar-refractivity contribution in [3.63, 3.8) is 0 Å². The molecular formula is C22H29N5O2. The summed E-state index contributed by atoms with van der Waals surface area (Å²) in [6.07, 6.45) is 4.33. The first-order valence-corrected chi connectivity index (χ1v) is 10.5. The number of likely N-dealkylation sites (tertiary alicyclic amines) is 1. The van der Waals surface area contributed by atoms with Gasteiger partial charge in [-0.05, 0) is 43.2 Å². The molecule has 1 spiro atoms. The predicted octanol–water partition coefficient (Wildman–Crippen LogP) is 1.89. The fourth-order valence-electron chi connectivity index (χ4n) is 5.52. The second-order valence-corrected chi connectivity index (χ2v) is 8.93. The average molecular weight is 396 g/mol. The Labute approximate surface area is 171 Å². The van der Waals surface area contributed by atoms with Crippen LogP contribution in [-0.4, -0.2) is 66.4 Å². The third-order valence-electron chi connectivity index (χ3n) is 6.95. The molecule has 1 aromatic carbocycles. The molecule has 7 nitrogen and oxygen atoms in total. The van der Waals surface area contributed by atoms with Crippen molar-refractivity contribution >= 4 is 11.6 Å². The number of ether oxygens (including phenoxy) is 1. The summed E-state index contributed by atoms with van der Waals surface area (Å²) >= 11 is 0. The van der Waals surface area contributed by atoms with E-state index < -0.39 is 0 Å². The molecule has 5 rings (SSSR count). The van der Waals surface area contributed by atoms with Gasteiger partial charge < -0.3 is 15.0 Å². The van der Waals surface area contributed by atoms with Gasteiger partial charge in [0.25, 0.3) is 5.91 Å². The van der Waals surface area contributed by atoms with Crippen LogP contribution in [0.3, 0.4) is 0 Å². The van der Waals surface area contributed by atoms with Crippen molar-refractivity contribution in [1.82, 2.24) is 20.4 Å². The Bertz CT molecular complexity index is 866. The van der Waals surface area contributed by atoms with Crippen LogP contribution >= 0.6 is 0 Å². The van der Waals surface area contributed by atoms with Crippen LogP contribution in [0, 0.1) is 11.8 Å². The summed E-state index contributed by atoms with van der Waals surface area (Å²) in [5.74, 6) is 0.876. The van der Waals surface area contributed by atoms with Gasteiger partial charge in [-0.2, -0.15) is 5.10 Å². The number of carbonyl (C=O) groups is 1. The third kappa shape index (κ3) is 3.32. The van der Waals surface area contributed by atoms with E-state index in [-0.39, 0.29) is 17.6 Å². The van der Waals surface area contributed by atoms with Crippen LogP contribution in [0.25, 0.3) is 0 Å². The first kappa shape index (κ1) is 18.6. The van der Waals surface area contributed by atoms with E-state index in [1.807, 2.05) is 49.3 Å². The van der Waals surface area contributed by atoms with E-state index in [1.54, 1.807) is 6.20 Å². The van der Waals surface area contributed by atoms with Gasteiger partial charge in [0.15, 0.2) is 0 Å². The van der Waals surface area contributed by atoms with Crippen molar-refractivity contribution in [3.8, 4) is 0 Å². The van der Waals surface area contributed by atoms with Crippen LogP contribution in [0.5, 0.6) is 0 Å². The highest BCUT2D eigenvalue weighted by Gasteiger charge is 2.62. The maximum atomic E-state index is 12.7. The molecule has 2 bridgehead atoms. The van der Waals surface area contributed by atoms with E-state index in [0.717, 1.165) is 43.9 Å². The largest absolute Gasteiger partial charge is 0.378 e. The highest BCUT2D eigenvalue weighted by molar-refractivity contribution is 5.94. The topological polar surface area (TPSA) is 73.5 Å². The number of benzene rings is 1. The van der Waals surface area contributed by atoms with Crippen molar-refractivity contribution in [2.24, 2.45) is 11.8 Å². The molecular weight excluding hydrogens is 366 g/mol. The Morgan fingerprint density at radius 3 is 2.90 bits per heavy atom. The molecule has 0 aliphatic carbocycles. The molecule has 29 heavy (non-hydrogen) atoms. The predicted molar refractivity (Wildman–Crippen MR) is 111 cm³/mol. The molecule has 0 unspecified atom stereocenters. The average Bonchev–Trinajstić information content (AvgIpc) is 3.48. The molecule has 1 aromatic heterocycles. The molecule has 1 amide bonds. The Morgan fingerprint density at radius 1 is 1.34 bits per heavy atom. The van der Waals surface area contributed by atoms with Gasteiger partial charge in [-0.25, -0.2) is 0 Å². The highest BCUT2D eigenvalue weighted by atomic mass is 16.5. The number of aromatic nitrogens is 2. The Hall–Kier alpha value is -2.38. The van der Waals surface area contributed by atoms with Gasteiger partial charge in [-0.1, -0.05) is 0 Å². The molecule has 3 aliphatic rings. The van der Waals surface area contributed by atoms with E-state index in [1.165, 1.54) is 0 Å². The summed E-state index contributed by atoms with van der Waals surface area (Å²) in [7, 11) is 3.99. The number of hydrogen-bond acceptors (Lipinski definition) is 5. The number of hydrogen-bond donors (Lipinski definition) is 2. The van der Waals surface area contributed by atoms with Crippen molar-refractivity contribution < 1.29 is 9.53 Å². The van der Waals surface area contributed by atoms with E-state index in [0.29, 0.717) is 23.9 Å². The molecule has 154 valence electrons. The van der Waals surface area contributed by atoms with Crippen LogP contribution in [-0.2, 0) is 11.3 Å². The fraction of sp³-hybridized carbons (Fsp3) is 0.545. The van der Waals surface area contributed by atoms with Crippen molar-refractivity contribution in [1.29, 1.82) is 0 Å². The number of aromatic amines is 1. The van der Waals surface area contributed by atoms with Gasteiger partial charge in [-0.3, -0.25) is 14.8 Å². The van der Waals surface area contributed by atoms with Crippen LogP contribution < -0.4 is 10.2 Å². The Morgan fingerprint density at radius 2 is 2.17 bits per heavy atom. The van der Waals surface area contributed by atoms with Crippen molar-refractivity contribution in [3.05, 3.63) is 47.8 Å². The summed E-state index contributed by atoms with van der Waals surface area (Å²) in [5.41, 5.74) is 2.92. The minimum atomic E-state index is -0.0204. The highest BCUT2D eigenvalue weighted by Crippen LogP contribution is 2.54. The van der Waals surface area contributed by atoms with Crippen molar-refractivity contribution in [2.45, 2.75) is 31.1 Å². The minimum Gasteiger partial charge on any atom is -0.378 e. The van der Waals surface area contributed by atoms with Gasteiger partial charge >= 0.3 is 0 Å². The SMILES string of the molecule is CN(C)c1ccc(C(=O)NC[C@H]2[C@H]3CN(Cc4ccn[nH]4)C[C@]34CC[C@H]2O4)cc1. The molecule has 0 saturated carbocycles. The van der Waals surface area contributed by atoms with Gasteiger partial charge in [0, 0.05) is 75.3 Å². The quantitative estimate of drug-likeness (QED) is 0.781. The second-order valence-electron chi connectivity index (χ2n) is 8.93. The first-order chi connectivity index (χ1) is 14.0. The lowest BCUT2D eigenvalue weighted by atomic mass is 9.73. The first-order valence-electron chi connectivity index (χ1n) is 10.5. The van der Waals surface area contributed by atoms with Crippen LogP contribution in [0.4, 0.5) is 5.69 Å². The lowest BCUT2D eigenvalue weighted by Gasteiger charge is -2.29. The number of nitrogens with one attached hydrogen (secondary N) is 2. The monoisotopic (exact) mass is 395 g/mol. The number of anilines is 1. The molecule has 2 aromatic rings. The van der Waals surface area contributed by atoms with E-state index in [4.69, 9.17) is 4.74 Å². The zero-order chi connectivity index (χ0) is 20.0. The summed E-state index contributed by atoms with van der Waals surface area (Å²) in [5, 5.41) is 10.3. The molecule has 4 atom stereocenters. The van der Waals surface area contributed by atoms with Gasteiger partial charge in [0.2, 0.25) is 0 Å². The van der Waals surface area contributed by atoms with Crippen LogP contribution in [0.1, 0.15) is 28.9 Å². The van der Waals surface area contributed by atoms with Gasteiger partial charge in [-0.15, -0.1) is 0 Å². The zero-order valence-electron chi connectivity index (χ0n) is 17.1. The molecule has 2 N–H and O–H groups in total. The number of fused-ring (bicyclic) bond motifs is 1. The lowest BCUT2D eigenvalue weighted by Crippen LogP contribution is -2.41. The fourth-order valence-corrected chi connectivity index (χ4v) is 5.52. The van der Waals surface area contributed by atoms with Crippen molar-refractivity contribution in [2.75, 3.05) is 38.6 Å². The number of amides is 1. The summed E-state index contributed by atoms with van der Waals surface area (Å²) < 4.78 is 6.50. The lowest BCUT2D eigenvalue weighted by molar-refractivity contribution is 0.00203. The molecule has 3 fully saturated rings. The number of nitrogens with zero attached hydrogens (tertiary/aromatic N) is 3.